The molecule has 1 aromatic heterocycles. The Morgan fingerprint density at radius 1 is 1.50 bits per heavy atom. The quantitative estimate of drug-likeness (QED) is 0.750. The minimum Gasteiger partial charge on any atom is -0.396 e. The topological polar surface area (TPSA) is 49.3 Å². The van der Waals surface area contributed by atoms with Crippen molar-refractivity contribution in [2.45, 2.75) is 33.1 Å². The number of hydrogen-bond acceptors (Lipinski definition) is 3. The molecule has 1 heterocycles. The third-order valence-corrected chi connectivity index (χ3v) is 3.82. The zero-order valence-electron chi connectivity index (χ0n) is 9.88. The highest BCUT2D eigenvalue weighted by atomic mass is 32.1. The van der Waals surface area contributed by atoms with Crippen molar-refractivity contribution in [3.8, 4) is 0 Å². The summed E-state index contributed by atoms with van der Waals surface area (Å²) in [6.07, 6.45) is 2.55. The van der Waals surface area contributed by atoms with Gasteiger partial charge in [0.25, 0.3) is 5.91 Å². The van der Waals surface area contributed by atoms with Crippen molar-refractivity contribution in [1.29, 1.82) is 0 Å². The minimum absolute atomic E-state index is 0.00531. The average molecular weight is 241 g/mol. The number of aliphatic hydroxyl groups is 1. The van der Waals surface area contributed by atoms with E-state index in [0.717, 1.165) is 24.1 Å². The molecule has 2 N–H and O–H groups in total. The fourth-order valence-corrected chi connectivity index (χ4v) is 2.54. The Morgan fingerprint density at radius 2 is 2.25 bits per heavy atom. The molecule has 3 nitrogen and oxygen atoms in total. The highest BCUT2D eigenvalue weighted by Crippen LogP contribution is 2.22. The number of unbranched alkanes of at least 4 members (excludes halogenated alkanes) is 1. The molecule has 0 spiro atoms. The lowest BCUT2D eigenvalue weighted by Crippen LogP contribution is -2.23. The number of aliphatic hydroxyl groups excluding tert-OH is 1. The lowest BCUT2D eigenvalue weighted by molar-refractivity contribution is 0.0956. The minimum atomic E-state index is 0.00531. The molecular weight excluding hydrogens is 222 g/mol. The summed E-state index contributed by atoms with van der Waals surface area (Å²) in [7, 11) is 0. The molecule has 90 valence electrons. The molecule has 0 saturated carbocycles. The highest BCUT2D eigenvalue weighted by molar-refractivity contribution is 7.14. The van der Waals surface area contributed by atoms with Crippen LogP contribution in [0.25, 0.3) is 0 Å². The first-order valence-corrected chi connectivity index (χ1v) is 6.49. The lowest BCUT2D eigenvalue weighted by atomic mass is 10.2. The highest BCUT2D eigenvalue weighted by Gasteiger charge is 2.10. The molecule has 0 unspecified atom stereocenters. The molecule has 0 aliphatic carbocycles. The number of nitrogens with one attached hydrogen (secondary N) is 1. The van der Waals surface area contributed by atoms with Crippen molar-refractivity contribution in [1.82, 2.24) is 5.32 Å². The van der Waals surface area contributed by atoms with Gasteiger partial charge in [-0.25, -0.2) is 0 Å². The number of aryl methyl sites for hydroxylation is 2. The predicted octanol–water partition coefficient (Wildman–Crippen LogP) is 2.12. The van der Waals surface area contributed by atoms with Crippen LogP contribution in [0, 0.1) is 6.92 Å². The van der Waals surface area contributed by atoms with Crippen molar-refractivity contribution in [3.05, 3.63) is 21.4 Å². The molecule has 0 fully saturated rings. The van der Waals surface area contributed by atoms with Crippen molar-refractivity contribution >= 4 is 17.2 Å². The first kappa shape index (κ1) is 13.2. The molecule has 0 atom stereocenters. The standard InChI is InChI=1S/C12H19NO2S/c1-3-10-9(2)8-11(16-10)12(15)13-6-4-5-7-14/h8,14H,3-7H2,1-2H3,(H,13,15). The van der Waals surface area contributed by atoms with Gasteiger partial charge in [0.15, 0.2) is 0 Å². The fraction of sp³-hybridized carbons (Fsp3) is 0.583. The van der Waals surface area contributed by atoms with E-state index < -0.39 is 0 Å². The molecule has 0 saturated heterocycles. The van der Waals surface area contributed by atoms with Crippen LogP contribution < -0.4 is 5.32 Å². The van der Waals surface area contributed by atoms with E-state index in [1.165, 1.54) is 10.4 Å². The van der Waals surface area contributed by atoms with Crippen LogP contribution in [0.15, 0.2) is 6.07 Å². The van der Waals surface area contributed by atoms with Gasteiger partial charge in [0.05, 0.1) is 4.88 Å². The van der Waals surface area contributed by atoms with Crippen molar-refractivity contribution in [2.24, 2.45) is 0 Å². The Morgan fingerprint density at radius 3 is 2.81 bits per heavy atom. The Kier molecular flexibility index (Phi) is 5.49. The average Bonchev–Trinajstić information content (AvgIpc) is 2.66. The maximum Gasteiger partial charge on any atom is 0.261 e. The van der Waals surface area contributed by atoms with Gasteiger partial charge >= 0.3 is 0 Å². The normalized spacial score (nSPS) is 10.4. The van der Waals surface area contributed by atoms with Crippen molar-refractivity contribution < 1.29 is 9.90 Å². The van der Waals surface area contributed by atoms with Gasteiger partial charge in [0.1, 0.15) is 0 Å². The van der Waals surface area contributed by atoms with Gasteiger partial charge in [0.2, 0.25) is 0 Å². The fourth-order valence-electron chi connectivity index (χ4n) is 1.51. The van der Waals surface area contributed by atoms with Gasteiger partial charge in [-0.1, -0.05) is 6.92 Å². The summed E-state index contributed by atoms with van der Waals surface area (Å²) in [5, 5.41) is 11.5. The molecule has 0 aromatic carbocycles. The zero-order valence-corrected chi connectivity index (χ0v) is 10.7. The number of hydrogen-bond donors (Lipinski definition) is 2. The molecule has 0 bridgehead atoms. The lowest BCUT2D eigenvalue weighted by Gasteiger charge is -2.01. The Bertz CT molecular complexity index is 347. The van der Waals surface area contributed by atoms with Gasteiger partial charge in [0, 0.05) is 18.0 Å². The first-order chi connectivity index (χ1) is 7.69. The smallest absolute Gasteiger partial charge is 0.261 e. The van der Waals surface area contributed by atoms with Crippen LogP contribution in [0.2, 0.25) is 0 Å². The largest absolute Gasteiger partial charge is 0.396 e. The second kappa shape index (κ2) is 6.66. The van der Waals surface area contributed by atoms with Gasteiger partial charge in [-0.15, -0.1) is 11.3 Å². The second-order valence-corrected chi connectivity index (χ2v) is 4.89. The summed E-state index contributed by atoms with van der Waals surface area (Å²) in [5.41, 5.74) is 1.20. The molecule has 4 heteroatoms. The molecule has 0 aliphatic rings. The van der Waals surface area contributed by atoms with Gasteiger partial charge in [-0.3, -0.25) is 4.79 Å². The van der Waals surface area contributed by atoms with Crippen LogP contribution >= 0.6 is 11.3 Å². The van der Waals surface area contributed by atoms with E-state index in [9.17, 15) is 4.79 Å². The number of carbonyl (C=O) groups is 1. The Labute approximate surface area is 100 Å². The van der Waals surface area contributed by atoms with E-state index in [-0.39, 0.29) is 12.5 Å². The van der Waals surface area contributed by atoms with Crippen LogP contribution in [-0.2, 0) is 6.42 Å². The van der Waals surface area contributed by atoms with Gasteiger partial charge in [-0.05, 0) is 37.8 Å². The van der Waals surface area contributed by atoms with Crippen LogP contribution in [0.4, 0.5) is 0 Å². The number of thiophene rings is 1. The van der Waals surface area contributed by atoms with Crippen LogP contribution in [0.5, 0.6) is 0 Å². The maximum absolute atomic E-state index is 11.7. The van der Waals surface area contributed by atoms with Crippen LogP contribution in [0.3, 0.4) is 0 Å². The number of amides is 1. The molecular formula is C12H19NO2S. The summed E-state index contributed by atoms with van der Waals surface area (Å²) >= 11 is 1.57. The summed E-state index contributed by atoms with van der Waals surface area (Å²) in [5.74, 6) is 0.00531. The van der Waals surface area contributed by atoms with Crippen LogP contribution in [0.1, 0.15) is 39.9 Å². The van der Waals surface area contributed by atoms with E-state index >= 15 is 0 Å². The monoisotopic (exact) mass is 241 g/mol. The Hall–Kier alpha value is -0.870. The van der Waals surface area contributed by atoms with E-state index in [2.05, 4.69) is 12.2 Å². The molecule has 0 radical (unpaired) electrons. The predicted molar refractivity (Wildman–Crippen MR) is 67.1 cm³/mol. The van der Waals surface area contributed by atoms with E-state index in [1.54, 1.807) is 11.3 Å². The van der Waals surface area contributed by atoms with E-state index in [0.29, 0.717) is 6.54 Å². The number of rotatable bonds is 6. The molecule has 0 aliphatic heterocycles. The van der Waals surface area contributed by atoms with Crippen molar-refractivity contribution in [3.63, 3.8) is 0 Å². The third-order valence-electron chi connectivity index (χ3n) is 2.44. The van der Waals surface area contributed by atoms with Crippen molar-refractivity contribution in [2.75, 3.05) is 13.2 Å². The van der Waals surface area contributed by atoms with Crippen LogP contribution in [-0.4, -0.2) is 24.2 Å². The van der Waals surface area contributed by atoms with E-state index in [4.69, 9.17) is 5.11 Å². The number of carbonyl (C=O) groups excluding carboxylic acids is 1. The molecule has 1 amide bonds. The van der Waals surface area contributed by atoms with E-state index in [1.807, 2.05) is 13.0 Å². The Balaban J connectivity index is 2.46. The molecule has 16 heavy (non-hydrogen) atoms. The zero-order chi connectivity index (χ0) is 12.0. The summed E-state index contributed by atoms with van der Waals surface area (Å²) in [6.45, 7) is 4.96. The van der Waals surface area contributed by atoms with Gasteiger partial charge in [-0.2, -0.15) is 0 Å². The van der Waals surface area contributed by atoms with Gasteiger partial charge < -0.3 is 10.4 Å². The molecule has 1 aromatic rings. The maximum atomic E-state index is 11.7. The summed E-state index contributed by atoms with van der Waals surface area (Å²) in [6, 6.07) is 1.95. The molecule has 1 rings (SSSR count). The summed E-state index contributed by atoms with van der Waals surface area (Å²) in [4.78, 5) is 13.8. The second-order valence-electron chi connectivity index (χ2n) is 3.76. The third kappa shape index (κ3) is 3.61. The SMILES string of the molecule is CCc1sc(C(=O)NCCCCO)cc1C. The summed E-state index contributed by atoms with van der Waals surface area (Å²) < 4.78 is 0. The first-order valence-electron chi connectivity index (χ1n) is 5.67.